The molecule has 0 aliphatic rings. The van der Waals surface area contributed by atoms with Crippen LogP contribution in [0.4, 0.5) is 13.2 Å². The van der Waals surface area contributed by atoms with Crippen molar-refractivity contribution >= 4 is 5.97 Å². The molecule has 0 bridgehead atoms. The molecular formula is C7H12F3NO3. The third-order valence-corrected chi connectivity index (χ3v) is 1.52. The van der Waals surface area contributed by atoms with Crippen LogP contribution in [0.2, 0.25) is 0 Å². The molecule has 0 aromatic carbocycles. The van der Waals surface area contributed by atoms with Gasteiger partial charge in [0.1, 0.15) is 0 Å². The van der Waals surface area contributed by atoms with E-state index in [0.29, 0.717) is 0 Å². The van der Waals surface area contributed by atoms with E-state index in [4.69, 9.17) is 10.2 Å². The molecule has 0 heterocycles. The molecule has 0 aromatic heterocycles. The maximum absolute atomic E-state index is 11.8. The summed E-state index contributed by atoms with van der Waals surface area (Å²) in [5.41, 5.74) is 0. The molecular weight excluding hydrogens is 203 g/mol. The van der Waals surface area contributed by atoms with E-state index in [1.165, 1.54) is 6.92 Å². The summed E-state index contributed by atoms with van der Waals surface area (Å²) in [4.78, 5) is 10.1. The van der Waals surface area contributed by atoms with Gasteiger partial charge in [0.25, 0.3) is 0 Å². The smallest absolute Gasteiger partial charge is 0.415 e. The number of nitrogens with one attached hydrogen (secondary N) is 1. The molecule has 0 saturated heterocycles. The lowest BCUT2D eigenvalue weighted by molar-refractivity contribution is -0.202. The monoisotopic (exact) mass is 215 g/mol. The first-order valence-corrected chi connectivity index (χ1v) is 3.93. The van der Waals surface area contributed by atoms with E-state index < -0.39 is 30.8 Å². The molecule has 0 fully saturated rings. The van der Waals surface area contributed by atoms with Crippen LogP contribution in [0.25, 0.3) is 0 Å². The van der Waals surface area contributed by atoms with Crippen molar-refractivity contribution in [2.24, 2.45) is 0 Å². The van der Waals surface area contributed by atoms with Crippen LogP contribution in [0.15, 0.2) is 0 Å². The molecule has 0 rings (SSSR count). The Kier molecular flexibility index (Phi) is 4.86. The molecule has 0 aliphatic heterocycles. The van der Waals surface area contributed by atoms with Crippen LogP contribution in [0.5, 0.6) is 0 Å². The Morgan fingerprint density at radius 3 is 2.36 bits per heavy atom. The summed E-state index contributed by atoms with van der Waals surface area (Å²) in [6.07, 6.45) is -7.42. The predicted octanol–water partition coefficient (Wildman–Crippen LogP) is 0.362. The minimum Gasteiger partial charge on any atom is -0.481 e. The van der Waals surface area contributed by atoms with E-state index in [1.807, 2.05) is 0 Å². The molecule has 14 heavy (non-hydrogen) atoms. The molecule has 4 nitrogen and oxygen atoms in total. The third-order valence-electron chi connectivity index (χ3n) is 1.52. The summed E-state index contributed by atoms with van der Waals surface area (Å²) < 4.78 is 35.3. The highest BCUT2D eigenvalue weighted by molar-refractivity contribution is 5.67. The highest BCUT2D eigenvalue weighted by Crippen LogP contribution is 2.19. The number of hydrogen-bond donors (Lipinski definition) is 3. The van der Waals surface area contributed by atoms with Gasteiger partial charge in [0.15, 0.2) is 6.10 Å². The Labute approximate surface area is 78.7 Å². The molecule has 0 aromatic rings. The molecule has 0 spiro atoms. The van der Waals surface area contributed by atoms with E-state index in [2.05, 4.69) is 5.32 Å². The van der Waals surface area contributed by atoms with Gasteiger partial charge in [-0.05, 0) is 6.92 Å². The third kappa shape index (κ3) is 5.76. The van der Waals surface area contributed by atoms with Gasteiger partial charge in [0.2, 0.25) is 0 Å². The molecule has 3 N–H and O–H groups in total. The Morgan fingerprint density at radius 2 is 2.00 bits per heavy atom. The van der Waals surface area contributed by atoms with Crippen molar-refractivity contribution in [1.82, 2.24) is 5.32 Å². The summed E-state index contributed by atoms with van der Waals surface area (Å²) in [5.74, 6) is -1.11. The van der Waals surface area contributed by atoms with Gasteiger partial charge < -0.3 is 15.5 Å². The standard InChI is InChI=1S/C7H12F3NO3/c1-4(2-6(13)14)11-3-5(12)7(8,9)10/h4-5,11-12H,2-3H2,1H3,(H,13,14). The molecule has 0 aliphatic carbocycles. The zero-order valence-electron chi connectivity index (χ0n) is 7.51. The SMILES string of the molecule is CC(CC(=O)O)NCC(O)C(F)(F)F. The van der Waals surface area contributed by atoms with Gasteiger partial charge in [-0.15, -0.1) is 0 Å². The van der Waals surface area contributed by atoms with Gasteiger partial charge in [0.05, 0.1) is 6.42 Å². The molecule has 0 saturated carbocycles. The topological polar surface area (TPSA) is 69.6 Å². The van der Waals surface area contributed by atoms with Crippen LogP contribution in [0, 0.1) is 0 Å². The number of rotatable bonds is 5. The predicted molar refractivity (Wildman–Crippen MR) is 41.8 cm³/mol. The lowest BCUT2D eigenvalue weighted by Gasteiger charge is -2.17. The van der Waals surface area contributed by atoms with Crippen molar-refractivity contribution in [3.8, 4) is 0 Å². The van der Waals surface area contributed by atoms with Crippen molar-refractivity contribution in [1.29, 1.82) is 0 Å². The lowest BCUT2D eigenvalue weighted by atomic mass is 10.2. The maximum atomic E-state index is 11.8. The quantitative estimate of drug-likeness (QED) is 0.619. The summed E-state index contributed by atoms with van der Waals surface area (Å²) in [5, 5.41) is 19.1. The minimum absolute atomic E-state index is 0.287. The van der Waals surface area contributed by atoms with E-state index in [1.54, 1.807) is 0 Å². The van der Waals surface area contributed by atoms with Crippen LogP contribution >= 0.6 is 0 Å². The number of aliphatic carboxylic acids is 1. The molecule has 0 amide bonds. The van der Waals surface area contributed by atoms with E-state index in [9.17, 15) is 18.0 Å². The maximum Gasteiger partial charge on any atom is 0.415 e. The first kappa shape index (κ1) is 13.2. The number of carboxylic acids is 1. The second kappa shape index (κ2) is 5.16. The van der Waals surface area contributed by atoms with Gasteiger partial charge in [-0.3, -0.25) is 4.79 Å². The number of carboxylic acid groups (broad SMARTS) is 1. The first-order valence-electron chi connectivity index (χ1n) is 3.93. The highest BCUT2D eigenvalue weighted by atomic mass is 19.4. The van der Waals surface area contributed by atoms with E-state index in [0.717, 1.165) is 0 Å². The normalized spacial score (nSPS) is 16.4. The van der Waals surface area contributed by atoms with E-state index in [-0.39, 0.29) is 6.42 Å². The molecule has 0 radical (unpaired) electrons. The fraction of sp³-hybridized carbons (Fsp3) is 0.857. The van der Waals surface area contributed by atoms with Crippen molar-refractivity contribution in [2.45, 2.75) is 31.7 Å². The summed E-state index contributed by atoms with van der Waals surface area (Å²) in [6, 6.07) is -0.607. The van der Waals surface area contributed by atoms with Gasteiger partial charge in [0, 0.05) is 12.6 Å². The zero-order chi connectivity index (χ0) is 11.4. The van der Waals surface area contributed by atoms with Crippen molar-refractivity contribution < 1.29 is 28.2 Å². The fourth-order valence-electron chi connectivity index (χ4n) is 0.763. The molecule has 2 unspecified atom stereocenters. The van der Waals surface area contributed by atoms with Crippen molar-refractivity contribution in [2.75, 3.05) is 6.54 Å². The summed E-state index contributed by atoms with van der Waals surface area (Å²) >= 11 is 0. The van der Waals surface area contributed by atoms with Crippen LogP contribution in [-0.2, 0) is 4.79 Å². The summed E-state index contributed by atoms with van der Waals surface area (Å²) in [6.45, 7) is 0.731. The largest absolute Gasteiger partial charge is 0.481 e. The van der Waals surface area contributed by atoms with Crippen LogP contribution in [0.3, 0.4) is 0 Å². The average Bonchev–Trinajstić information content (AvgIpc) is 1.96. The number of alkyl halides is 3. The van der Waals surface area contributed by atoms with Gasteiger partial charge in [-0.2, -0.15) is 13.2 Å². The van der Waals surface area contributed by atoms with Crippen LogP contribution in [-0.4, -0.2) is 41.0 Å². The van der Waals surface area contributed by atoms with Crippen LogP contribution < -0.4 is 5.32 Å². The second-order valence-corrected chi connectivity index (χ2v) is 2.96. The number of hydrogen-bond acceptors (Lipinski definition) is 3. The molecule has 7 heteroatoms. The minimum atomic E-state index is -4.67. The Balaban J connectivity index is 3.77. The van der Waals surface area contributed by atoms with Gasteiger partial charge in [-0.1, -0.05) is 0 Å². The first-order chi connectivity index (χ1) is 6.23. The van der Waals surface area contributed by atoms with Crippen molar-refractivity contribution in [3.05, 3.63) is 0 Å². The van der Waals surface area contributed by atoms with Gasteiger partial charge in [-0.25, -0.2) is 0 Å². The van der Waals surface area contributed by atoms with Crippen LogP contribution in [0.1, 0.15) is 13.3 Å². The average molecular weight is 215 g/mol. The highest BCUT2D eigenvalue weighted by Gasteiger charge is 2.37. The number of aliphatic hydroxyl groups is 1. The van der Waals surface area contributed by atoms with Crippen molar-refractivity contribution in [3.63, 3.8) is 0 Å². The fourth-order valence-corrected chi connectivity index (χ4v) is 0.763. The Hall–Kier alpha value is -0.820. The lowest BCUT2D eigenvalue weighted by Crippen LogP contribution is -2.42. The Bertz CT molecular complexity index is 195. The van der Waals surface area contributed by atoms with Gasteiger partial charge >= 0.3 is 12.1 Å². The number of halogens is 3. The van der Waals surface area contributed by atoms with E-state index >= 15 is 0 Å². The number of carbonyl (C=O) groups is 1. The Morgan fingerprint density at radius 1 is 1.50 bits per heavy atom. The summed E-state index contributed by atoms with van der Waals surface area (Å²) in [7, 11) is 0. The second-order valence-electron chi connectivity index (χ2n) is 2.96. The molecule has 2 atom stereocenters. The molecule has 84 valence electrons. The number of aliphatic hydroxyl groups excluding tert-OH is 1. The zero-order valence-corrected chi connectivity index (χ0v) is 7.51.